The minimum Gasteiger partial charge on any atom is -0.493 e. The second-order valence-electron chi connectivity index (χ2n) is 7.83. The molecule has 0 aliphatic heterocycles. The summed E-state index contributed by atoms with van der Waals surface area (Å²) in [5.41, 5.74) is 4.34. The number of pyridine rings is 1. The van der Waals surface area contributed by atoms with E-state index in [0.29, 0.717) is 36.0 Å². The number of ether oxygens (including phenoxy) is 3. The number of fused-ring (bicyclic) bond motifs is 1. The molecular formula is C26H27N3O4. The molecule has 170 valence electrons. The van der Waals surface area contributed by atoms with E-state index in [1.165, 1.54) is 5.56 Å². The number of carbonyl (C=O) groups is 1. The van der Waals surface area contributed by atoms with Crippen LogP contribution in [0.5, 0.6) is 17.2 Å². The molecule has 0 aliphatic carbocycles. The van der Waals surface area contributed by atoms with Crippen LogP contribution in [0.3, 0.4) is 0 Å². The van der Waals surface area contributed by atoms with Gasteiger partial charge in [-0.05, 0) is 48.9 Å². The SMILES string of the molecule is COc1cccc(CN(C)C(=O)c2ccc(OCc3cn4cc(C)ccc4n3)cc2)c1OC. The van der Waals surface area contributed by atoms with Crippen LogP contribution in [0.2, 0.25) is 0 Å². The molecule has 0 radical (unpaired) electrons. The first kappa shape index (κ1) is 22.2. The molecule has 0 N–H and O–H groups in total. The van der Waals surface area contributed by atoms with Gasteiger partial charge in [-0.3, -0.25) is 4.79 Å². The topological polar surface area (TPSA) is 65.3 Å². The van der Waals surface area contributed by atoms with Crippen LogP contribution in [0.1, 0.15) is 27.2 Å². The van der Waals surface area contributed by atoms with E-state index in [1.807, 2.05) is 54.0 Å². The molecule has 2 aromatic heterocycles. The van der Waals surface area contributed by atoms with Gasteiger partial charge in [-0.25, -0.2) is 4.98 Å². The molecule has 0 saturated heterocycles. The average Bonchev–Trinajstić information content (AvgIpc) is 3.24. The summed E-state index contributed by atoms with van der Waals surface area (Å²) in [5.74, 6) is 1.85. The summed E-state index contributed by atoms with van der Waals surface area (Å²) in [5, 5.41) is 0. The van der Waals surface area contributed by atoms with Gasteiger partial charge in [-0.1, -0.05) is 18.2 Å². The lowest BCUT2D eigenvalue weighted by atomic mass is 10.1. The van der Waals surface area contributed by atoms with Crippen LogP contribution in [-0.4, -0.2) is 41.5 Å². The number of carbonyl (C=O) groups excluding carboxylic acids is 1. The highest BCUT2D eigenvalue weighted by Crippen LogP contribution is 2.31. The molecule has 0 unspecified atom stereocenters. The molecule has 2 heterocycles. The van der Waals surface area contributed by atoms with Gasteiger partial charge in [0, 0.05) is 37.1 Å². The van der Waals surface area contributed by atoms with Gasteiger partial charge in [0.1, 0.15) is 18.0 Å². The standard InChI is InChI=1S/C26H27N3O4/c1-18-8-13-24-27-21(16-29(24)14-18)17-33-22-11-9-19(10-12-22)26(30)28(2)15-20-6-5-7-23(31-3)25(20)32-4/h5-14,16H,15,17H2,1-4H3. The quantitative estimate of drug-likeness (QED) is 0.399. The van der Waals surface area contributed by atoms with Gasteiger partial charge in [0.2, 0.25) is 0 Å². The Balaban J connectivity index is 1.39. The van der Waals surface area contributed by atoms with Gasteiger partial charge in [0.25, 0.3) is 5.91 Å². The number of methoxy groups -OCH3 is 2. The average molecular weight is 446 g/mol. The fourth-order valence-electron chi connectivity index (χ4n) is 3.70. The van der Waals surface area contributed by atoms with Crippen molar-refractivity contribution in [3.8, 4) is 17.2 Å². The van der Waals surface area contributed by atoms with Crippen molar-refractivity contribution in [2.75, 3.05) is 21.3 Å². The lowest BCUT2D eigenvalue weighted by Crippen LogP contribution is -2.26. The van der Waals surface area contributed by atoms with E-state index >= 15 is 0 Å². The molecular weight excluding hydrogens is 418 g/mol. The second-order valence-corrected chi connectivity index (χ2v) is 7.83. The van der Waals surface area contributed by atoms with Crippen molar-refractivity contribution >= 4 is 11.6 Å². The Hall–Kier alpha value is -4.00. The number of rotatable bonds is 8. The zero-order chi connectivity index (χ0) is 23.4. The maximum Gasteiger partial charge on any atom is 0.253 e. The van der Waals surface area contributed by atoms with Crippen LogP contribution >= 0.6 is 0 Å². The molecule has 0 fully saturated rings. The number of amides is 1. The van der Waals surface area contributed by atoms with E-state index < -0.39 is 0 Å². The third-order valence-corrected chi connectivity index (χ3v) is 5.38. The molecule has 0 spiro atoms. The zero-order valence-corrected chi connectivity index (χ0v) is 19.2. The van der Waals surface area contributed by atoms with E-state index in [0.717, 1.165) is 16.9 Å². The summed E-state index contributed by atoms with van der Waals surface area (Å²) in [7, 11) is 4.95. The van der Waals surface area contributed by atoms with E-state index in [4.69, 9.17) is 14.2 Å². The Morgan fingerprint density at radius 3 is 2.52 bits per heavy atom. The summed E-state index contributed by atoms with van der Waals surface area (Å²) in [6.45, 7) is 2.79. The summed E-state index contributed by atoms with van der Waals surface area (Å²) < 4.78 is 18.7. The van der Waals surface area contributed by atoms with Gasteiger partial charge in [-0.2, -0.15) is 0 Å². The van der Waals surface area contributed by atoms with Crippen LogP contribution in [0.25, 0.3) is 5.65 Å². The van der Waals surface area contributed by atoms with Crippen molar-refractivity contribution < 1.29 is 19.0 Å². The van der Waals surface area contributed by atoms with Crippen molar-refractivity contribution in [1.29, 1.82) is 0 Å². The minimum atomic E-state index is -0.0952. The highest BCUT2D eigenvalue weighted by molar-refractivity contribution is 5.94. The van der Waals surface area contributed by atoms with Gasteiger partial charge >= 0.3 is 0 Å². The molecule has 0 saturated carbocycles. The first-order valence-electron chi connectivity index (χ1n) is 10.6. The fourth-order valence-corrected chi connectivity index (χ4v) is 3.70. The number of imidazole rings is 1. The van der Waals surface area contributed by atoms with Crippen molar-refractivity contribution in [2.45, 2.75) is 20.1 Å². The lowest BCUT2D eigenvalue weighted by molar-refractivity contribution is 0.0784. The molecule has 0 aliphatic rings. The highest BCUT2D eigenvalue weighted by Gasteiger charge is 2.16. The summed E-state index contributed by atoms with van der Waals surface area (Å²) in [6, 6.07) is 16.8. The third kappa shape index (κ3) is 4.92. The number of hydrogen-bond acceptors (Lipinski definition) is 5. The fraction of sp³-hybridized carbons (Fsp3) is 0.231. The number of para-hydroxylation sites is 1. The zero-order valence-electron chi connectivity index (χ0n) is 19.2. The van der Waals surface area contributed by atoms with Gasteiger partial charge in [0.15, 0.2) is 11.5 Å². The van der Waals surface area contributed by atoms with Gasteiger partial charge in [-0.15, -0.1) is 0 Å². The summed E-state index contributed by atoms with van der Waals surface area (Å²) >= 11 is 0. The number of benzene rings is 2. The molecule has 1 amide bonds. The van der Waals surface area contributed by atoms with Crippen LogP contribution < -0.4 is 14.2 Å². The predicted molar refractivity (Wildman–Crippen MR) is 126 cm³/mol. The Morgan fingerprint density at radius 1 is 1.00 bits per heavy atom. The Morgan fingerprint density at radius 2 is 1.79 bits per heavy atom. The number of aromatic nitrogens is 2. The van der Waals surface area contributed by atoms with Crippen LogP contribution in [-0.2, 0) is 13.2 Å². The van der Waals surface area contributed by atoms with Crippen molar-refractivity contribution in [1.82, 2.24) is 14.3 Å². The van der Waals surface area contributed by atoms with E-state index in [1.54, 1.807) is 50.4 Å². The second kappa shape index (κ2) is 9.65. The first-order valence-corrected chi connectivity index (χ1v) is 10.6. The molecule has 2 aromatic carbocycles. The number of aryl methyl sites for hydroxylation is 1. The lowest BCUT2D eigenvalue weighted by Gasteiger charge is -2.20. The highest BCUT2D eigenvalue weighted by atomic mass is 16.5. The Labute approximate surface area is 193 Å². The van der Waals surface area contributed by atoms with E-state index in [9.17, 15) is 4.79 Å². The molecule has 4 rings (SSSR count). The van der Waals surface area contributed by atoms with Crippen LogP contribution in [0.4, 0.5) is 0 Å². The third-order valence-electron chi connectivity index (χ3n) is 5.38. The molecule has 0 atom stereocenters. The predicted octanol–water partition coefficient (Wildman–Crippen LogP) is 4.51. The molecule has 4 aromatic rings. The normalized spacial score (nSPS) is 10.8. The maximum absolute atomic E-state index is 12.9. The monoisotopic (exact) mass is 445 g/mol. The van der Waals surface area contributed by atoms with Crippen LogP contribution in [0.15, 0.2) is 67.0 Å². The van der Waals surface area contributed by atoms with Gasteiger partial charge < -0.3 is 23.5 Å². The van der Waals surface area contributed by atoms with Crippen molar-refractivity contribution in [2.24, 2.45) is 0 Å². The number of nitrogens with zero attached hydrogens (tertiary/aromatic N) is 3. The molecule has 33 heavy (non-hydrogen) atoms. The van der Waals surface area contributed by atoms with E-state index in [2.05, 4.69) is 4.98 Å². The van der Waals surface area contributed by atoms with Gasteiger partial charge in [0.05, 0.1) is 19.9 Å². The molecule has 0 bridgehead atoms. The Bertz CT molecular complexity index is 1260. The minimum absolute atomic E-state index is 0.0952. The Kier molecular flexibility index (Phi) is 6.49. The smallest absolute Gasteiger partial charge is 0.253 e. The molecule has 7 heteroatoms. The summed E-state index contributed by atoms with van der Waals surface area (Å²) in [4.78, 5) is 19.1. The van der Waals surface area contributed by atoms with Crippen molar-refractivity contribution in [3.05, 3.63) is 89.4 Å². The summed E-state index contributed by atoms with van der Waals surface area (Å²) in [6.07, 6.45) is 3.99. The number of hydrogen-bond donors (Lipinski definition) is 0. The first-order chi connectivity index (χ1) is 16.0. The molecule has 7 nitrogen and oxygen atoms in total. The van der Waals surface area contributed by atoms with Crippen molar-refractivity contribution in [3.63, 3.8) is 0 Å². The maximum atomic E-state index is 12.9. The van der Waals surface area contributed by atoms with E-state index in [-0.39, 0.29) is 5.91 Å². The largest absolute Gasteiger partial charge is 0.493 e. The van der Waals surface area contributed by atoms with Crippen LogP contribution in [0, 0.1) is 6.92 Å².